The second-order valence-corrected chi connectivity index (χ2v) is 10.0. The van der Waals surface area contributed by atoms with Gasteiger partial charge in [-0.15, -0.1) is 10.2 Å². The van der Waals surface area contributed by atoms with Crippen LogP contribution in [0, 0.1) is 5.82 Å². The van der Waals surface area contributed by atoms with E-state index in [2.05, 4.69) is 24.9 Å². The van der Waals surface area contributed by atoms with Crippen LogP contribution in [-0.2, 0) is 10.5 Å². The van der Waals surface area contributed by atoms with Crippen molar-refractivity contribution < 1.29 is 9.18 Å². The summed E-state index contributed by atoms with van der Waals surface area (Å²) in [5.74, 6) is 0.932. The fourth-order valence-corrected chi connectivity index (χ4v) is 5.74. The summed E-state index contributed by atoms with van der Waals surface area (Å²) in [4.78, 5) is 16.3. The van der Waals surface area contributed by atoms with Crippen LogP contribution < -0.4 is 5.32 Å². The van der Waals surface area contributed by atoms with Crippen LogP contribution >= 0.6 is 58.2 Å². The molecule has 6 nitrogen and oxygen atoms in total. The van der Waals surface area contributed by atoms with Gasteiger partial charge in [0.05, 0.1) is 0 Å². The van der Waals surface area contributed by atoms with E-state index in [1.165, 1.54) is 70.3 Å². The maximum Gasteiger partial charge on any atom is 0.227 e. The Balaban J connectivity index is 1.40. The average Bonchev–Trinajstić information content (AvgIpc) is 3.30. The molecule has 0 fully saturated rings. The summed E-state index contributed by atoms with van der Waals surface area (Å²) in [5.41, 5.74) is 1.00. The van der Waals surface area contributed by atoms with Crippen molar-refractivity contribution in [2.45, 2.75) is 26.0 Å². The van der Waals surface area contributed by atoms with Gasteiger partial charge in [-0.3, -0.25) is 4.79 Å². The number of nitrogens with zero attached hydrogens (tertiary/aromatic N) is 4. The predicted octanol–water partition coefficient (Wildman–Crippen LogP) is 4.66. The molecule has 3 aromatic rings. The van der Waals surface area contributed by atoms with Crippen molar-refractivity contribution >= 4 is 69.2 Å². The zero-order chi connectivity index (χ0) is 19.1. The molecule has 0 aliphatic rings. The number of aromatic nitrogens is 4. The van der Waals surface area contributed by atoms with Crippen LogP contribution in [0.2, 0.25) is 0 Å². The quantitative estimate of drug-likeness (QED) is 0.365. The van der Waals surface area contributed by atoms with Crippen LogP contribution in [0.5, 0.6) is 0 Å². The molecule has 0 aliphatic carbocycles. The predicted molar refractivity (Wildman–Crippen MR) is 112 cm³/mol. The molecule has 3 rings (SSSR count). The SMILES string of the molecule is CSc1nsc(SCCC(=O)Nc2nnc(SCc3ccc(F)cc3)s2)n1. The zero-order valence-electron chi connectivity index (χ0n) is 14.0. The highest BCUT2D eigenvalue weighted by Crippen LogP contribution is 2.29. The summed E-state index contributed by atoms with van der Waals surface area (Å²) in [6, 6.07) is 6.35. The Morgan fingerprint density at radius 1 is 1.19 bits per heavy atom. The van der Waals surface area contributed by atoms with Gasteiger partial charge in [0.2, 0.25) is 16.2 Å². The van der Waals surface area contributed by atoms with Gasteiger partial charge >= 0.3 is 0 Å². The third kappa shape index (κ3) is 6.71. The molecule has 1 amide bonds. The lowest BCUT2D eigenvalue weighted by molar-refractivity contribution is -0.115. The van der Waals surface area contributed by atoms with E-state index in [0.717, 1.165) is 19.4 Å². The van der Waals surface area contributed by atoms with Crippen LogP contribution in [0.1, 0.15) is 12.0 Å². The number of hydrogen-bond donors (Lipinski definition) is 1. The summed E-state index contributed by atoms with van der Waals surface area (Å²) < 4.78 is 18.7. The van der Waals surface area contributed by atoms with Gasteiger partial charge in [0, 0.05) is 17.9 Å². The topological polar surface area (TPSA) is 80.7 Å². The van der Waals surface area contributed by atoms with Gasteiger partial charge in [-0.25, -0.2) is 9.37 Å². The number of carbonyl (C=O) groups is 1. The lowest BCUT2D eigenvalue weighted by Crippen LogP contribution is -2.11. The number of thioether (sulfide) groups is 3. The normalized spacial score (nSPS) is 10.9. The Morgan fingerprint density at radius 2 is 2.00 bits per heavy atom. The van der Waals surface area contributed by atoms with Gasteiger partial charge in [0.25, 0.3) is 0 Å². The zero-order valence-corrected chi connectivity index (χ0v) is 18.1. The molecule has 0 unspecified atom stereocenters. The molecule has 1 aromatic carbocycles. The van der Waals surface area contributed by atoms with E-state index in [-0.39, 0.29) is 11.7 Å². The molecule has 12 heteroatoms. The van der Waals surface area contributed by atoms with Gasteiger partial charge in [-0.05, 0) is 35.5 Å². The maximum atomic E-state index is 12.9. The number of nitrogens with one attached hydrogen (secondary N) is 1. The molecular weight excluding hydrogens is 446 g/mol. The third-order valence-corrected chi connectivity index (χ3v) is 7.60. The van der Waals surface area contributed by atoms with E-state index in [0.29, 0.717) is 23.1 Å². The van der Waals surface area contributed by atoms with Gasteiger partial charge in [0.15, 0.2) is 8.68 Å². The first-order valence-electron chi connectivity index (χ1n) is 7.63. The summed E-state index contributed by atoms with van der Waals surface area (Å²) in [7, 11) is 0. The van der Waals surface area contributed by atoms with Gasteiger partial charge in [-0.2, -0.15) is 4.37 Å². The molecule has 0 saturated carbocycles. The molecule has 142 valence electrons. The van der Waals surface area contributed by atoms with Crippen molar-refractivity contribution in [3.63, 3.8) is 0 Å². The highest BCUT2D eigenvalue weighted by molar-refractivity contribution is 8.01. The Bertz CT molecular complexity index is 885. The van der Waals surface area contributed by atoms with Crippen LogP contribution in [0.3, 0.4) is 0 Å². The molecule has 2 aromatic heterocycles. The Labute approximate surface area is 176 Å². The molecule has 1 N–H and O–H groups in total. The van der Waals surface area contributed by atoms with Crippen molar-refractivity contribution in [1.82, 2.24) is 19.6 Å². The van der Waals surface area contributed by atoms with Crippen LogP contribution in [-0.4, -0.2) is 37.5 Å². The minimum absolute atomic E-state index is 0.108. The molecule has 0 atom stereocenters. The molecule has 27 heavy (non-hydrogen) atoms. The lowest BCUT2D eigenvalue weighted by Gasteiger charge is -1.99. The summed E-state index contributed by atoms with van der Waals surface area (Å²) in [5, 5.41) is 12.0. The standard InChI is InChI=1S/C15H14FN5OS5/c1-23-13-18-14(27-21-13)24-7-6-11(22)17-12-19-20-15(26-12)25-8-9-2-4-10(16)5-3-9/h2-5H,6-8H2,1H3,(H,17,19,22). The monoisotopic (exact) mass is 459 g/mol. The smallest absolute Gasteiger partial charge is 0.227 e. The van der Waals surface area contributed by atoms with Crippen molar-refractivity contribution in [3.8, 4) is 0 Å². The second kappa shape index (κ2) is 10.4. The number of hydrogen-bond acceptors (Lipinski definition) is 10. The third-order valence-electron chi connectivity index (χ3n) is 3.05. The van der Waals surface area contributed by atoms with E-state index >= 15 is 0 Å². The molecule has 0 radical (unpaired) electrons. The Morgan fingerprint density at radius 3 is 2.74 bits per heavy atom. The first kappa shape index (κ1) is 20.5. The number of benzene rings is 1. The van der Waals surface area contributed by atoms with Crippen LogP contribution in [0.15, 0.2) is 38.1 Å². The minimum atomic E-state index is -0.251. The fraction of sp³-hybridized carbons (Fsp3) is 0.267. The van der Waals surface area contributed by atoms with Crippen molar-refractivity contribution in [1.29, 1.82) is 0 Å². The number of anilines is 1. The van der Waals surface area contributed by atoms with Gasteiger partial charge < -0.3 is 5.32 Å². The molecule has 0 bridgehead atoms. The van der Waals surface area contributed by atoms with Gasteiger partial charge in [0.1, 0.15) is 5.82 Å². The summed E-state index contributed by atoms with van der Waals surface area (Å²) in [6.45, 7) is 0. The van der Waals surface area contributed by atoms with Gasteiger partial charge in [-0.1, -0.05) is 58.8 Å². The number of carbonyl (C=O) groups excluding carboxylic acids is 1. The first-order valence-corrected chi connectivity index (χ1v) is 12.4. The van der Waals surface area contributed by atoms with E-state index in [4.69, 9.17) is 0 Å². The molecule has 0 saturated heterocycles. The largest absolute Gasteiger partial charge is 0.300 e. The minimum Gasteiger partial charge on any atom is -0.300 e. The van der Waals surface area contributed by atoms with E-state index < -0.39 is 0 Å². The second-order valence-electron chi connectivity index (χ2n) is 4.98. The fourth-order valence-electron chi connectivity index (χ4n) is 1.80. The average molecular weight is 460 g/mol. The Kier molecular flexibility index (Phi) is 7.88. The lowest BCUT2D eigenvalue weighted by atomic mass is 10.2. The number of halogens is 1. The van der Waals surface area contributed by atoms with E-state index in [1.54, 1.807) is 12.1 Å². The van der Waals surface area contributed by atoms with E-state index in [9.17, 15) is 9.18 Å². The Hall–Kier alpha value is -1.21. The van der Waals surface area contributed by atoms with Crippen molar-refractivity contribution in [2.24, 2.45) is 0 Å². The van der Waals surface area contributed by atoms with Crippen molar-refractivity contribution in [3.05, 3.63) is 35.6 Å². The summed E-state index contributed by atoms with van der Waals surface area (Å²) >= 11 is 7.18. The molecular formula is C15H14FN5OS5. The van der Waals surface area contributed by atoms with E-state index in [1.807, 2.05) is 6.26 Å². The number of amides is 1. The highest BCUT2D eigenvalue weighted by Gasteiger charge is 2.10. The first-order chi connectivity index (χ1) is 13.1. The maximum absolute atomic E-state index is 12.9. The molecule has 0 spiro atoms. The van der Waals surface area contributed by atoms with Crippen molar-refractivity contribution in [2.75, 3.05) is 17.3 Å². The van der Waals surface area contributed by atoms with Crippen LogP contribution in [0.4, 0.5) is 9.52 Å². The summed E-state index contributed by atoms with van der Waals surface area (Å²) in [6.07, 6.45) is 2.29. The molecule has 2 heterocycles. The van der Waals surface area contributed by atoms with Crippen LogP contribution in [0.25, 0.3) is 0 Å². The highest BCUT2D eigenvalue weighted by atomic mass is 32.2. The number of rotatable bonds is 9. The molecule has 0 aliphatic heterocycles.